The maximum atomic E-state index is 12.3. The van der Waals surface area contributed by atoms with Crippen LogP contribution in [0.15, 0.2) is 48.7 Å². The SMILES string of the molecule is CC(NC(=O)c1n[nH]c2ccccc12)c1ccccn1. The predicted molar refractivity (Wildman–Crippen MR) is 76.2 cm³/mol. The number of fused-ring (bicyclic) bond motifs is 1. The fraction of sp³-hybridized carbons (Fsp3) is 0.133. The molecule has 1 aromatic carbocycles. The van der Waals surface area contributed by atoms with Crippen LogP contribution in [-0.2, 0) is 0 Å². The number of nitrogens with zero attached hydrogens (tertiary/aromatic N) is 2. The third-order valence-electron chi connectivity index (χ3n) is 3.16. The van der Waals surface area contributed by atoms with Crippen molar-refractivity contribution in [3.8, 4) is 0 Å². The molecule has 1 unspecified atom stereocenters. The van der Waals surface area contributed by atoms with E-state index < -0.39 is 0 Å². The highest BCUT2D eigenvalue weighted by atomic mass is 16.2. The van der Waals surface area contributed by atoms with Gasteiger partial charge < -0.3 is 5.32 Å². The minimum absolute atomic E-state index is 0.167. The van der Waals surface area contributed by atoms with Crippen LogP contribution in [0.3, 0.4) is 0 Å². The molecule has 2 N–H and O–H groups in total. The number of rotatable bonds is 3. The Labute approximate surface area is 116 Å². The highest BCUT2D eigenvalue weighted by Gasteiger charge is 2.16. The minimum Gasteiger partial charge on any atom is -0.343 e. The van der Waals surface area contributed by atoms with Gasteiger partial charge in [0.05, 0.1) is 17.3 Å². The molecular weight excluding hydrogens is 252 g/mol. The topological polar surface area (TPSA) is 70.7 Å². The van der Waals surface area contributed by atoms with Crippen LogP contribution in [0.2, 0.25) is 0 Å². The summed E-state index contributed by atoms with van der Waals surface area (Å²) in [7, 11) is 0. The number of aromatic nitrogens is 3. The lowest BCUT2D eigenvalue weighted by Crippen LogP contribution is -2.27. The van der Waals surface area contributed by atoms with Gasteiger partial charge in [-0.1, -0.05) is 24.3 Å². The van der Waals surface area contributed by atoms with Crippen molar-refractivity contribution < 1.29 is 4.79 Å². The first-order chi connectivity index (χ1) is 9.75. The molecule has 3 rings (SSSR count). The third kappa shape index (κ3) is 2.25. The quantitative estimate of drug-likeness (QED) is 0.765. The number of aromatic amines is 1. The van der Waals surface area contributed by atoms with Crippen LogP contribution in [-0.4, -0.2) is 21.1 Å². The van der Waals surface area contributed by atoms with Crippen molar-refractivity contribution >= 4 is 16.8 Å². The van der Waals surface area contributed by atoms with Gasteiger partial charge >= 0.3 is 0 Å². The maximum Gasteiger partial charge on any atom is 0.272 e. The highest BCUT2D eigenvalue weighted by molar-refractivity contribution is 6.04. The second kappa shape index (κ2) is 5.13. The molecule has 0 aliphatic carbocycles. The third-order valence-corrected chi connectivity index (χ3v) is 3.16. The van der Waals surface area contributed by atoms with Crippen LogP contribution in [0.4, 0.5) is 0 Å². The lowest BCUT2D eigenvalue weighted by atomic mass is 10.1. The first-order valence-electron chi connectivity index (χ1n) is 6.40. The van der Waals surface area contributed by atoms with E-state index >= 15 is 0 Å². The van der Waals surface area contributed by atoms with Crippen molar-refractivity contribution in [1.29, 1.82) is 0 Å². The Kier molecular flexibility index (Phi) is 3.16. The molecule has 1 atom stereocenters. The molecule has 1 amide bonds. The number of hydrogen-bond acceptors (Lipinski definition) is 3. The van der Waals surface area contributed by atoms with E-state index in [1.807, 2.05) is 49.4 Å². The zero-order valence-corrected chi connectivity index (χ0v) is 11.0. The molecule has 0 bridgehead atoms. The molecule has 0 aliphatic rings. The standard InChI is InChI=1S/C15H14N4O/c1-10(12-7-4-5-9-16-12)17-15(20)14-11-6-2-3-8-13(11)18-19-14/h2-10H,1H3,(H,17,20)(H,18,19). The van der Waals surface area contributed by atoms with Crippen LogP contribution in [0, 0.1) is 0 Å². The fourth-order valence-electron chi connectivity index (χ4n) is 2.11. The minimum atomic E-state index is -0.208. The van der Waals surface area contributed by atoms with E-state index in [0.717, 1.165) is 16.6 Å². The van der Waals surface area contributed by atoms with E-state index in [4.69, 9.17) is 0 Å². The maximum absolute atomic E-state index is 12.3. The lowest BCUT2D eigenvalue weighted by Gasteiger charge is -2.12. The summed E-state index contributed by atoms with van der Waals surface area (Å²) in [5.41, 5.74) is 2.08. The molecular formula is C15H14N4O. The number of benzene rings is 1. The summed E-state index contributed by atoms with van der Waals surface area (Å²) in [5.74, 6) is -0.208. The molecule has 5 nitrogen and oxygen atoms in total. The van der Waals surface area contributed by atoms with Gasteiger partial charge in [0.1, 0.15) is 0 Å². The number of amides is 1. The molecule has 2 heterocycles. The summed E-state index contributed by atoms with van der Waals surface area (Å²) < 4.78 is 0. The molecule has 0 spiro atoms. The van der Waals surface area contributed by atoms with Crippen LogP contribution in [0.25, 0.3) is 10.9 Å². The molecule has 0 saturated carbocycles. The second-order valence-electron chi connectivity index (χ2n) is 4.57. The van der Waals surface area contributed by atoms with Gasteiger partial charge in [0.15, 0.2) is 5.69 Å². The van der Waals surface area contributed by atoms with Gasteiger partial charge in [-0.3, -0.25) is 14.9 Å². The van der Waals surface area contributed by atoms with Crippen molar-refractivity contribution in [3.63, 3.8) is 0 Å². The summed E-state index contributed by atoms with van der Waals surface area (Å²) in [5, 5.41) is 10.7. The second-order valence-corrected chi connectivity index (χ2v) is 4.57. The van der Waals surface area contributed by atoms with E-state index in [2.05, 4.69) is 20.5 Å². The number of para-hydroxylation sites is 1. The highest BCUT2D eigenvalue weighted by Crippen LogP contribution is 2.16. The summed E-state index contributed by atoms with van der Waals surface area (Å²) in [6.45, 7) is 1.90. The van der Waals surface area contributed by atoms with Gasteiger partial charge in [-0.05, 0) is 25.1 Å². The summed E-state index contributed by atoms with van der Waals surface area (Å²) in [4.78, 5) is 16.5. The molecule has 0 radical (unpaired) electrons. The molecule has 0 saturated heterocycles. The molecule has 3 aromatic rings. The van der Waals surface area contributed by atoms with Crippen molar-refractivity contribution in [1.82, 2.24) is 20.5 Å². The lowest BCUT2D eigenvalue weighted by molar-refractivity contribution is 0.0935. The van der Waals surface area contributed by atoms with Gasteiger partial charge in [-0.25, -0.2) is 0 Å². The smallest absolute Gasteiger partial charge is 0.272 e. The summed E-state index contributed by atoms with van der Waals surface area (Å²) in [6.07, 6.45) is 1.71. The zero-order chi connectivity index (χ0) is 13.9. The summed E-state index contributed by atoms with van der Waals surface area (Å²) in [6, 6.07) is 13.0. The van der Waals surface area contributed by atoms with Gasteiger partial charge in [-0.2, -0.15) is 5.10 Å². The van der Waals surface area contributed by atoms with Gasteiger partial charge in [0.2, 0.25) is 0 Å². The Morgan fingerprint density at radius 2 is 2.00 bits per heavy atom. The fourth-order valence-corrected chi connectivity index (χ4v) is 2.11. The number of H-pyrrole nitrogens is 1. The Morgan fingerprint density at radius 1 is 1.20 bits per heavy atom. The number of hydrogen-bond donors (Lipinski definition) is 2. The van der Waals surface area contributed by atoms with Crippen molar-refractivity contribution in [2.75, 3.05) is 0 Å². The Morgan fingerprint density at radius 3 is 2.80 bits per heavy atom. The van der Waals surface area contributed by atoms with Gasteiger partial charge in [0.25, 0.3) is 5.91 Å². The molecule has 100 valence electrons. The monoisotopic (exact) mass is 266 g/mol. The molecule has 2 aromatic heterocycles. The summed E-state index contributed by atoms with van der Waals surface area (Å²) >= 11 is 0. The van der Waals surface area contributed by atoms with Crippen LogP contribution < -0.4 is 5.32 Å². The van der Waals surface area contributed by atoms with Gasteiger partial charge in [0, 0.05) is 11.6 Å². The molecule has 0 fully saturated rings. The predicted octanol–water partition coefficient (Wildman–Crippen LogP) is 2.45. The van der Waals surface area contributed by atoms with Crippen LogP contribution in [0.5, 0.6) is 0 Å². The average Bonchev–Trinajstić information content (AvgIpc) is 2.92. The first kappa shape index (κ1) is 12.3. The van der Waals surface area contributed by atoms with E-state index in [1.54, 1.807) is 6.20 Å². The molecule has 5 heteroatoms. The van der Waals surface area contributed by atoms with E-state index in [0.29, 0.717) is 5.69 Å². The van der Waals surface area contributed by atoms with Gasteiger partial charge in [-0.15, -0.1) is 0 Å². The van der Waals surface area contributed by atoms with Crippen LogP contribution in [0.1, 0.15) is 29.1 Å². The Hall–Kier alpha value is -2.69. The van der Waals surface area contributed by atoms with Crippen LogP contribution >= 0.6 is 0 Å². The largest absolute Gasteiger partial charge is 0.343 e. The van der Waals surface area contributed by atoms with E-state index in [9.17, 15) is 4.79 Å². The molecule has 20 heavy (non-hydrogen) atoms. The number of pyridine rings is 1. The average molecular weight is 266 g/mol. The number of carbonyl (C=O) groups is 1. The van der Waals surface area contributed by atoms with E-state index in [1.165, 1.54) is 0 Å². The van der Waals surface area contributed by atoms with E-state index in [-0.39, 0.29) is 11.9 Å². The van der Waals surface area contributed by atoms with Crippen molar-refractivity contribution in [2.45, 2.75) is 13.0 Å². The Bertz CT molecular complexity index is 736. The Balaban J connectivity index is 1.83. The number of nitrogens with one attached hydrogen (secondary N) is 2. The zero-order valence-electron chi connectivity index (χ0n) is 11.0. The van der Waals surface area contributed by atoms with Crippen molar-refractivity contribution in [3.05, 3.63) is 60.0 Å². The molecule has 0 aliphatic heterocycles. The number of carbonyl (C=O) groups excluding carboxylic acids is 1. The first-order valence-corrected chi connectivity index (χ1v) is 6.40. The normalized spacial score (nSPS) is 12.2. The van der Waals surface area contributed by atoms with Crippen molar-refractivity contribution in [2.24, 2.45) is 0 Å².